The van der Waals surface area contributed by atoms with Crippen LogP contribution >= 0.6 is 0 Å². The summed E-state index contributed by atoms with van der Waals surface area (Å²) in [6, 6.07) is 11.1. The lowest BCUT2D eigenvalue weighted by atomic mass is 10.3. The molecule has 1 aromatic heterocycles. The van der Waals surface area contributed by atoms with Gasteiger partial charge in [0.1, 0.15) is 0 Å². The van der Waals surface area contributed by atoms with Gasteiger partial charge in [-0.1, -0.05) is 18.2 Å². The molecule has 0 aliphatic heterocycles. The Hall–Kier alpha value is -1.81. The van der Waals surface area contributed by atoms with Crippen LogP contribution in [0, 0.1) is 0 Å². The Kier molecular flexibility index (Phi) is 3.51. The molecule has 100 valence electrons. The fraction of sp³-hybridized carbons (Fsp3) is 0.400. The van der Waals surface area contributed by atoms with Gasteiger partial charge in [-0.25, -0.2) is 4.98 Å². The van der Waals surface area contributed by atoms with Gasteiger partial charge in [0.05, 0.1) is 0 Å². The lowest BCUT2D eigenvalue weighted by Crippen LogP contribution is -2.27. The van der Waals surface area contributed by atoms with E-state index in [-0.39, 0.29) is 0 Å². The molecular formula is C15H20N4. The van der Waals surface area contributed by atoms with Crippen LogP contribution < -0.4 is 5.32 Å². The molecule has 3 rings (SSSR count). The molecule has 4 nitrogen and oxygen atoms in total. The van der Waals surface area contributed by atoms with Crippen LogP contribution in [0.1, 0.15) is 12.8 Å². The zero-order valence-electron chi connectivity index (χ0n) is 11.3. The molecule has 2 aromatic rings. The average Bonchev–Trinajstić information content (AvgIpc) is 3.20. The van der Waals surface area contributed by atoms with Crippen molar-refractivity contribution in [3.8, 4) is 5.69 Å². The summed E-state index contributed by atoms with van der Waals surface area (Å²) in [4.78, 5) is 6.80. The van der Waals surface area contributed by atoms with E-state index in [4.69, 9.17) is 0 Å². The smallest absolute Gasteiger partial charge is 0.207 e. The second-order valence-electron chi connectivity index (χ2n) is 5.09. The van der Waals surface area contributed by atoms with Gasteiger partial charge in [0.25, 0.3) is 0 Å². The van der Waals surface area contributed by atoms with Gasteiger partial charge in [-0.3, -0.25) is 4.57 Å². The van der Waals surface area contributed by atoms with Gasteiger partial charge >= 0.3 is 0 Å². The number of para-hydroxylation sites is 1. The second-order valence-corrected chi connectivity index (χ2v) is 5.09. The van der Waals surface area contributed by atoms with Crippen molar-refractivity contribution in [3.05, 3.63) is 42.7 Å². The Morgan fingerprint density at radius 2 is 2.11 bits per heavy atom. The van der Waals surface area contributed by atoms with Gasteiger partial charge in [-0.2, -0.15) is 0 Å². The average molecular weight is 256 g/mol. The molecule has 0 spiro atoms. The third-order valence-corrected chi connectivity index (χ3v) is 3.59. The number of rotatable bonds is 6. The van der Waals surface area contributed by atoms with E-state index in [1.807, 2.05) is 30.6 Å². The summed E-state index contributed by atoms with van der Waals surface area (Å²) >= 11 is 0. The number of benzene rings is 1. The largest absolute Gasteiger partial charge is 0.354 e. The number of nitrogens with zero attached hydrogens (tertiary/aromatic N) is 3. The molecule has 0 unspecified atom stereocenters. The summed E-state index contributed by atoms with van der Waals surface area (Å²) in [7, 11) is 2.20. The molecule has 19 heavy (non-hydrogen) atoms. The number of likely N-dealkylation sites (N-methyl/N-ethyl adjacent to an activating group) is 1. The van der Waals surface area contributed by atoms with Crippen LogP contribution in [0.5, 0.6) is 0 Å². The number of imidazole rings is 1. The van der Waals surface area contributed by atoms with Crippen LogP contribution in [-0.2, 0) is 0 Å². The first kappa shape index (κ1) is 12.2. The Bertz CT molecular complexity index is 516. The third kappa shape index (κ3) is 2.96. The quantitative estimate of drug-likeness (QED) is 0.861. The first-order valence-electron chi connectivity index (χ1n) is 6.87. The Morgan fingerprint density at radius 1 is 1.32 bits per heavy atom. The molecule has 0 saturated heterocycles. The van der Waals surface area contributed by atoms with Crippen molar-refractivity contribution >= 4 is 5.95 Å². The van der Waals surface area contributed by atoms with Gasteiger partial charge in [0, 0.05) is 37.2 Å². The molecule has 1 saturated carbocycles. The number of nitrogens with one attached hydrogen (secondary N) is 1. The van der Waals surface area contributed by atoms with Crippen molar-refractivity contribution in [2.45, 2.75) is 18.9 Å². The minimum Gasteiger partial charge on any atom is -0.354 e. The zero-order chi connectivity index (χ0) is 13.1. The van der Waals surface area contributed by atoms with E-state index in [0.717, 1.165) is 30.8 Å². The van der Waals surface area contributed by atoms with Crippen LogP contribution in [0.15, 0.2) is 42.7 Å². The van der Waals surface area contributed by atoms with E-state index >= 15 is 0 Å². The summed E-state index contributed by atoms with van der Waals surface area (Å²) in [5.41, 5.74) is 1.14. The van der Waals surface area contributed by atoms with Gasteiger partial charge in [-0.15, -0.1) is 0 Å². The van der Waals surface area contributed by atoms with E-state index in [2.05, 4.69) is 38.9 Å². The lowest BCUT2D eigenvalue weighted by molar-refractivity contribution is 0.337. The first-order chi connectivity index (χ1) is 9.34. The molecule has 0 radical (unpaired) electrons. The third-order valence-electron chi connectivity index (χ3n) is 3.59. The lowest BCUT2D eigenvalue weighted by Gasteiger charge is -2.16. The minimum absolute atomic E-state index is 0.815. The maximum atomic E-state index is 4.38. The highest BCUT2D eigenvalue weighted by Gasteiger charge is 2.25. The number of hydrogen-bond donors (Lipinski definition) is 1. The molecule has 1 N–H and O–H groups in total. The monoisotopic (exact) mass is 256 g/mol. The molecular weight excluding hydrogens is 236 g/mol. The molecule has 0 bridgehead atoms. The maximum Gasteiger partial charge on any atom is 0.207 e. The predicted molar refractivity (Wildman–Crippen MR) is 77.7 cm³/mol. The molecule has 1 fully saturated rings. The summed E-state index contributed by atoms with van der Waals surface area (Å²) in [5.74, 6) is 0.912. The van der Waals surface area contributed by atoms with Crippen molar-refractivity contribution in [1.29, 1.82) is 0 Å². The SMILES string of the molecule is CN(CCNc1nccn1-c1ccccc1)C1CC1. The van der Waals surface area contributed by atoms with Gasteiger partial charge in [0.2, 0.25) is 5.95 Å². The summed E-state index contributed by atoms with van der Waals surface area (Å²) in [6.07, 6.45) is 6.53. The molecule has 1 heterocycles. The van der Waals surface area contributed by atoms with E-state index in [9.17, 15) is 0 Å². The van der Waals surface area contributed by atoms with Gasteiger partial charge in [0.15, 0.2) is 0 Å². The minimum atomic E-state index is 0.815. The molecule has 0 amide bonds. The second kappa shape index (κ2) is 5.45. The fourth-order valence-electron chi connectivity index (χ4n) is 2.27. The molecule has 1 aliphatic carbocycles. The fourth-order valence-corrected chi connectivity index (χ4v) is 2.27. The Labute approximate surface area is 114 Å². The van der Waals surface area contributed by atoms with Gasteiger partial charge in [-0.05, 0) is 32.0 Å². The van der Waals surface area contributed by atoms with Crippen LogP contribution in [-0.4, -0.2) is 40.6 Å². The zero-order valence-corrected chi connectivity index (χ0v) is 11.3. The summed E-state index contributed by atoms with van der Waals surface area (Å²) in [5, 5.41) is 3.42. The van der Waals surface area contributed by atoms with E-state index in [1.165, 1.54) is 12.8 Å². The predicted octanol–water partition coefficient (Wildman–Crippen LogP) is 2.38. The van der Waals surface area contributed by atoms with E-state index in [0.29, 0.717) is 0 Å². The molecule has 1 aromatic carbocycles. The normalized spacial score (nSPS) is 14.8. The van der Waals surface area contributed by atoms with E-state index < -0.39 is 0 Å². The van der Waals surface area contributed by atoms with Crippen molar-refractivity contribution in [1.82, 2.24) is 14.5 Å². The molecule has 1 aliphatic rings. The van der Waals surface area contributed by atoms with Crippen molar-refractivity contribution in [3.63, 3.8) is 0 Å². The summed E-state index contributed by atoms with van der Waals surface area (Å²) < 4.78 is 2.08. The number of hydrogen-bond acceptors (Lipinski definition) is 3. The van der Waals surface area contributed by atoms with Crippen LogP contribution in [0.25, 0.3) is 5.69 Å². The highest BCUT2D eigenvalue weighted by Crippen LogP contribution is 2.24. The van der Waals surface area contributed by atoms with Crippen molar-refractivity contribution < 1.29 is 0 Å². The maximum absolute atomic E-state index is 4.38. The standard InChI is InChI=1S/C15H20N4/c1-18(13-7-8-13)11-9-16-15-17-10-12-19(15)14-5-3-2-4-6-14/h2-6,10,12-13H,7-9,11H2,1H3,(H,16,17). The first-order valence-corrected chi connectivity index (χ1v) is 6.87. The number of aromatic nitrogens is 2. The Morgan fingerprint density at radius 3 is 2.84 bits per heavy atom. The van der Waals surface area contributed by atoms with E-state index in [1.54, 1.807) is 0 Å². The molecule has 0 atom stereocenters. The van der Waals surface area contributed by atoms with Crippen LogP contribution in [0.4, 0.5) is 5.95 Å². The topological polar surface area (TPSA) is 33.1 Å². The summed E-state index contributed by atoms with van der Waals surface area (Å²) in [6.45, 7) is 1.99. The van der Waals surface area contributed by atoms with Crippen LogP contribution in [0.3, 0.4) is 0 Å². The number of anilines is 1. The van der Waals surface area contributed by atoms with Gasteiger partial charge < -0.3 is 10.2 Å². The van der Waals surface area contributed by atoms with Crippen molar-refractivity contribution in [2.24, 2.45) is 0 Å². The Balaban J connectivity index is 1.60. The molecule has 4 heteroatoms. The van der Waals surface area contributed by atoms with Crippen molar-refractivity contribution in [2.75, 3.05) is 25.5 Å². The highest BCUT2D eigenvalue weighted by molar-refractivity contribution is 5.41. The highest BCUT2D eigenvalue weighted by atomic mass is 15.2. The van der Waals surface area contributed by atoms with Crippen LogP contribution in [0.2, 0.25) is 0 Å².